The fraction of sp³-hybridized carbons (Fsp3) is 0.381. The molecule has 2 aromatic carbocycles. The normalized spacial score (nSPS) is 16.0. The molecule has 0 atom stereocenters. The molecule has 0 aromatic heterocycles. The molecule has 1 aliphatic heterocycles. The maximum Gasteiger partial charge on any atom is 0.114 e. The maximum atomic E-state index is 5.33. The Morgan fingerprint density at radius 2 is 1.56 bits per heavy atom. The first-order valence-corrected chi connectivity index (χ1v) is 9.13. The Hall–Kier alpha value is -2.33. The molecule has 0 bridgehead atoms. The first kappa shape index (κ1) is 17.5. The van der Waals surface area contributed by atoms with E-state index in [4.69, 9.17) is 4.84 Å². The highest BCUT2D eigenvalue weighted by Gasteiger charge is 2.17. The summed E-state index contributed by atoms with van der Waals surface area (Å²) in [4.78, 5) is 10.3. The smallest absolute Gasteiger partial charge is 0.114 e. The number of para-hydroxylation sites is 1. The van der Waals surface area contributed by atoms with Crippen molar-refractivity contribution in [2.45, 2.75) is 13.3 Å². The molecule has 4 nitrogen and oxygen atoms in total. The Labute approximate surface area is 150 Å². The van der Waals surface area contributed by atoms with Crippen molar-refractivity contribution in [3.05, 3.63) is 66.2 Å². The summed E-state index contributed by atoms with van der Waals surface area (Å²) in [6.07, 6.45) is 0.912. The van der Waals surface area contributed by atoms with Crippen LogP contribution in [0.25, 0.3) is 0 Å². The van der Waals surface area contributed by atoms with E-state index in [2.05, 4.69) is 69.6 Å². The monoisotopic (exact) mass is 337 g/mol. The van der Waals surface area contributed by atoms with Crippen LogP contribution in [0.3, 0.4) is 0 Å². The lowest BCUT2D eigenvalue weighted by atomic mass is 10.1. The first-order chi connectivity index (χ1) is 12.4. The highest BCUT2D eigenvalue weighted by molar-refractivity contribution is 6.00. The highest BCUT2D eigenvalue weighted by Crippen LogP contribution is 2.16. The van der Waals surface area contributed by atoms with E-state index < -0.39 is 0 Å². The van der Waals surface area contributed by atoms with E-state index in [0.29, 0.717) is 6.61 Å². The Bertz CT molecular complexity index is 649. The summed E-state index contributed by atoms with van der Waals surface area (Å²) in [5.74, 6) is 0. The number of piperazine rings is 1. The van der Waals surface area contributed by atoms with E-state index in [9.17, 15) is 0 Å². The minimum atomic E-state index is 0.603. The van der Waals surface area contributed by atoms with E-state index in [-0.39, 0.29) is 0 Å². The average Bonchev–Trinajstić information content (AvgIpc) is 2.70. The largest absolute Gasteiger partial charge is 0.396 e. The van der Waals surface area contributed by atoms with Crippen molar-refractivity contribution in [3.8, 4) is 0 Å². The first-order valence-electron chi connectivity index (χ1n) is 9.13. The van der Waals surface area contributed by atoms with Crippen molar-refractivity contribution in [3.63, 3.8) is 0 Å². The zero-order valence-electron chi connectivity index (χ0n) is 15.0. The molecule has 0 saturated carbocycles. The Morgan fingerprint density at radius 1 is 0.920 bits per heavy atom. The zero-order valence-corrected chi connectivity index (χ0v) is 15.0. The highest BCUT2D eigenvalue weighted by atomic mass is 16.6. The van der Waals surface area contributed by atoms with E-state index in [1.165, 1.54) is 5.69 Å². The van der Waals surface area contributed by atoms with Gasteiger partial charge < -0.3 is 9.74 Å². The summed E-state index contributed by atoms with van der Waals surface area (Å²) in [5.41, 5.74) is 3.51. The summed E-state index contributed by atoms with van der Waals surface area (Å²) in [7, 11) is 0. The lowest BCUT2D eigenvalue weighted by Crippen LogP contribution is -2.46. The lowest BCUT2D eigenvalue weighted by Gasteiger charge is -2.36. The molecule has 1 heterocycles. The molecule has 132 valence electrons. The van der Waals surface area contributed by atoms with Crippen LogP contribution in [-0.4, -0.2) is 49.9 Å². The molecule has 1 saturated heterocycles. The number of rotatable bonds is 7. The summed E-state index contributed by atoms with van der Waals surface area (Å²) < 4.78 is 0. The van der Waals surface area contributed by atoms with E-state index >= 15 is 0 Å². The standard InChI is InChI=1S/C21H27N3O/c1-2-25-22-21(19-9-5-3-6-10-19)13-14-23-15-17-24(18-16-23)20-11-7-4-8-12-20/h3-12H,2,13-18H2,1H3. The van der Waals surface area contributed by atoms with Crippen LogP contribution < -0.4 is 4.90 Å². The van der Waals surface area contributed by atoms with Gasteiger partial charge in [0, 0.05) is 44.8 Å². The third kappa shape index (κ3) is 5.07. The number of benzene rings is 2. The van der Waals surface area contributed by atoms with Crippen molar-refractivity contribution in [2.24, 2.45) is 5.16 Å². The van der Waals surface area contributed by atoms with E-state index in [1.807, 2.05) is 13.0 Å². The molecule has 0 N–H and O–H groups in total. The van der Waals surface area contributed by atoms with Crippen molar-refractivity contribution >= 4 is 11.4 Å². The van der Waals surface area contributed by atoms with Gasteiger partial charge in [-0.15, -0.1) is 0 Å². The minimum absolute atomic E-state index is 0.603. The second-order valence-electron chi connectivity index (χ2n) is 6.24. The van der Waals surface area contributed by atoms with Crippen molar-refractivity contribution in [2.75, 3.05) is 44.2 Å². The van der Waals surface area contributed by atoms with Gasteiger partial charge in [0.25, 0.3) is 0 Å². The van der Waals surface area contributed by atoms with Gasteiger partial charge in [-0.2, -0.15) is 0 Å². The van der Waals surface area contributed by atoms with Crippen LogP contribution in [-0.2, 0) is 4.84 Å². The number of hydrogen-bond donors (Lipinski definition) is 0. The lowest BCUT2D eigenvalue weighted by molar-refractivity contribution is 0.157. The van der Waals surface area contributed by atoms with Gasteiger partial charge in [-0.1, -0.05) is 53.7 Å². The summed E-state index contributed by atoms with van der Waals surface area (Å²) in [5, 5.41) is 4.34. The van der Waals surface area contributed by atoms with Gasteiger partial charge >= 0.3 is 0 Å². The molecule has 25 heavy (non-hydrogen) atoms. The van der Waals surface area contributed by atoms with E-state index in [0.717, 1.165) is 50.4 Å². The van der Waals surface area contributed by atoms with Crippen LogP contribution in [0.5, 0.6) is 0 Å². The molecule has 0 amide bonds. The summed E-state index contributed by atoms with van der Waals surface area (Å²) >= 11 is 0. The maximum absolute atomic E-state index is 5.33. The quantitative estimate of drug-likeness (QED) is 0.570. The van der Waals surface area contributed by atoms with Gasteiger partial charge in [0.2, 0.25) is 0 Å². The van der Waals surface area contributed by atoms with Crippen LogP contribution in [0.15, 0.2) is 65.8 Å². The molecule has 0 aliphatic carbocycles. The topological polar surface area (TPSA) is 28.1 Å². The fourth-order valence-electron chi connectivity index (χ4n) is 3.15. The average molecular weight is 337 g/mol. The minimum Gasteiger partial charge on any atom is -0.396 e. The molecule has 0 unspecified atom stereocenters. The van der Waals surface area contributed by atoms with Crippen LogP contribution >= 0.6 is 0 Å². The van der Waals surface area contributed by atoms with Crippen LogP contribution in [0, 0.1) is 0 Å². The van der Waals surface area contributed by atoms with Gasteiger partial charge in [-0.3, -0.25) is 4.90 Å². The molecule has 0 spiro atoms. The van der Waals surface area contributed by atoms with Gasteiger partial charge in [-0.25, -0.2) is 0 Å². The third-order valence-electron chi connectivity index (χ3n) is 4.57. The molecule has 2 aromatic rings. The van der Waals surface area contributed by atoms with Crippen LogP contribution in [0.1, 0.15) is 18.9 Å². The van der Waals surface area contributed by atoms with E-state index in [1.54, 1.807) is 0 Å². The van der Waals surface area contributed by atoms with Crippen LogP contribution in [0.2, 0.25) is 0 Å². The molecular weight excluding hydrogens is 310 g/mol. The Morgan fingerprint density at radius 3 is 2.20 bits per heavy atom. The number of oxime groups is 1. The zero-order chi connectivity index (χ0) is 17.3. The molecule has 3 rings (SSSR count). The second kappa shape index (κ2) is 9.23. The molecule has 1 fully saturated rings. The van der Waals surface area contributed by atoms with Gasteiger partial charge in [0.1, 0.15) is 6.61 Å². The second-order valence-corrected chi connectivity index (χ2v) is 6.24. The summed E-state index contributed by atoms with van der Waals surface area (Å²) in [6, 6.07) is 21.0. The number of nitrogens with zero attached hydrogens (tertiary/aromatic N) is 3. The predicted octanol–water partition coefficient (Wildman–Crippen LogP) is 3.64. The predicted molar refractivity (Wildman–Crippen MR) is 104 cm³/mol. The fourth-order valence-corrected chi connectivity index (χ4v) is 3.15. The summed E-state index contributed by atoms with van der Waals surface area (Å²) in [6.45, 7) is 7.92. The number of hydrogen-bond acceptors (Lipinski definition) is 4. The Kier molecular flexibility index (Phi) is 6.46. The molecule has 0 radical (unpaired) electrons. The van der Waals surface area contributed by atoms with Gasteiger partial charge in [0.05, 0.1) is 5.71 Å². The van der Waals surface area contributed by atoms with Crippen molar-refractivity contribution < 1.29 is 4.84 Å². The third-order valence-corrected chi connectivity index (χ3v) is 4.57. The van der Waals surface area contributed by atoms with Crippen LogP contribution in [0.4, 0.5) is 5.69 Å². The van der Waals surface area contributed by atoms with Crippen molar-refractivity contribution in [1.29, 1.82) is 0 Å². The Balaban J connectivity index is 1.52. The SMILES string of the molecule is CCON=C(CCN1CCN(c2ccccc2)CC1)c1ccccc1. The molecular formula is C21H27N3O. The van der Waals surface area contributed by atoms with Gasteiger partial charge in [-0.05, 0) is 24.6 Å². The van der Waals surface area contributed by atoms with Crippen molar-refractivity contribution in [1.82, 2.24) is 4.90 Å². The molecule has 1 aliphatic rings. The number of anilines is 1. The molecule has 4 heteroatoms. The van der Waals surface area contributed by atoms with Gasteiger partial charge in [0.15, 0.2) is 0 Å².